The second-order valence-corrected chi connectivity index (χ2v) is 6.66. The van der Waals surface area contributed by atoms with Crippen molar-refractivity contribution in [1.29, 1.82) is 0 Å². The molecule has 0 amide bonds. The summed E-state index contributed by atoms with van der Waals surface area (Å²) in [4.78, 5) is 0. The van der Waals surface area contributed by atoms with Gasteiger partial charge in [-0.1, -0.05) is 6.92 Å². The molecule has 18 heavy (non-hydrogen) atoms. The van der Waals surface area contributed by atoms with Crippen molar-refractivity contribution in [3.05, 3.63) is 0 Å². The highest BCUT2D eigenvalue weighted by Crippen LogP contribution is 2.26. The van der Waals surface area contributed by atoms with Crippen LogP contribution in [0, 0.1) is 5.92 Å². The SMILES string of the molecule is CCCNC(CSC1CCOCC1)C1CCOC1. The van der Waals surface area contributed by atoms with Crippen molar-refractivity contribution in [3.63, 3.8) is 0 Å². The van der Waals surface area contributed by atoms with E-state index in [-0.39, 0.29) is 0 Å². The maximum Gasteiger partial charge on any atom is 0.0510 e. The van der Waals surface area contributed by atoms with Gasteiger partial charge in [-0.05, 0) is 32.2 Å². The quantitative estimate of drug-likeness (QED) is 0.771. The molecule has 0 saturated carbocycles. The molecular weight excluding hydrogens is 246 g/mol. The van der Waals surface area contributed by atoms with Crippen molar-refractivity contribution in [1.82, 2.24) is 5.32 Å². The lowest BCUT2D eigenvalue weighted by molar-refractivity contribution is 0.0999. The summed E-state index contributed by atoms with van der Waals surface area (Å²) in [5, 5.41) is 4.53. The Kier molecular flexibility index (Phi) is 6.84. The lowest BCUT2D eigenvalue weighted by Crippen LogP contribution is -2.39. The highest BCUT2D eigenvalue weighted by molar-refractivity contribution is 7.99. The van der Waals surface area contributed by atoms with Gasteiger partial charge in [0.05, 0.1) is 6.61 Å². The zero-order chi connectivity index (χ0) is 12.6. The summed E-state index contributed by atoms with van der Waals surface area (Å²) in [6, 6.07) is 0.639. The zero-order valence-electron chi connectivity index (χ0n) is 11.5. The Morgan fingerprint density at radius 2 is 1.94 bits per heavy atom. The molecule has 4 heteroatoms. The number of thioether (sulfide) groups is 1. The van der Waals surface area contributed by atoms with Crippen LogP contribution in [0.15, 0.2) is 0 Å². The van der Waals surface area contributed by atoms with Crippen molar-refractivity contribution in [3.8, 4) is 0 Å². The maximum atomic E-state index is 5.54. The van der Waals surface area contributed by atoms with E-state index >= 15 is 0 Å². The number of nitrogens with one attached hydrogen (secondary N) is 1. The summed E-state index contributed by atoms with van der Waals surface area (Å²) in [5.74, 6) is 1.96. The second-order valence-electron chi connectivity index (χ2n) is 5.33. The standard InChI is InChI=1S/C14H27NO2S/c1-2-6-15-14(12-3-7-17-10-12)11-18-13-4-8-16-9-5-13/h12-15H,2-11H2,1H3. The summed E-state index contributed by atoms with van der Waals surface area (Å²) in [6.45, 7) is 7.19. The highest BCUT2D eigenvalue weighted by Gasteiger charge is 2.26. The van der Waals surface area contributed by atoms with Gasteiger partial charge in [-0.3, -0.25) is 0 Å². The molecule has 2 rings (SSSR count). The molecule has 2 aliphatic heterocycles. The molecular formula is C14H27NO2S. The van der Waals surface area contributed by atoms with Gasteiger partial charge in [0.2, 0.25) is 0 Å². The summed E-state index contributed by atoms with van der Waals surface area (Å²) in [6.07, 6.45) is 4.90. The van der Waals surface area contributed by atoms with Crippen LogP contribution in [-0.2, 0) is 9.47 Å². The third-order valence-corrected chi connectivity index (χ3v) is 5.36. The van der Waals surface area contributed by atoms with Crippen molar-refractivity contribution in [2.75, 3.05) is 38.7 Å². The average molecular weight is 273 g/mol. The van der Waals surface area contributed by atoms with E-state index in [0.29, 0.717) is 6.04 Å². The van der Waals surface area contributed by atoms with Crippen LogP contribution in [0.3, 0.4) is 0 Å². The van der Waals surface area contributed by atoms with Crippen LogP contribution in [0.25, 0.3) is 0 Å². The molecule has 0 spiro atoms. The fourth-order valence-corrected chi connectivity index (χ4v) is 4.04. The fourth-order valence-electron chi connectivity index (χ4n) is 2.64. The highest BCUT2D eigenvalue weighted by atomic mass is 32.2. The summed E-state index contributed by atoms with van der Waals surface area (Å²) >= 11 is 2.14. The van der Waals surface area contributed by atoms with E-state index < -0.39 is 0 Å². The number of ether oxygens (including phenoxy) is 2. The van der Waals surface area contributed by atoms with Crippen LogP contribution in [0.4, 0.5) is 0 Å². The van der Waals surface area contributed by atoms with Crippen molar-refractivity contribution >= 4 is 11.8 Å². The van der Waals surface area contributed by atoms with E-state index in [1.54, 1.807) is 0 Å². The van der Waals surface area contributed by atoms with Crippen LogP contribution in [0.5, 0.6) is 0 Å². The molecule has 1 N–H and O–H groups in total. The number of hydrogen-bond acceptors (Lipinski definition) is 4. The van der Waals surface area contributed by atoms with Crippen molar-refractivity contribution < 1.29 is 9.47 Å². The molecule has 2 heterocycles. The summed E-state index contributed by atoms with van der Waals surface area (Å²) in [7, 11) is 0. The molecule has 0 aromatic carbocycles. The molecule has 3 nitrogen and oxygen atoms in total. The van der Waals surface area contributed by atoms with Gasteiger partial charge in [-0.25, -0.2) is 0 Å². The predicted octanol–water partition coefficient (Wildman–Crippen LogP) is 2.30. The predicted molar refractivity (Wildman–Crippen MR) is 77.3 cm³/mol. The molecule has 2 saturated heterocycles. The van der Waals surface area contributed by atoms with Gasteiger partial charge < -0.3 is 14.8 Å². The average Bonchev–Trinajstić information content (AvgIpc) is 2.94. The van der Waals surface area contributed by atoms with Crippen LogP contribution in [0.2, 0.25) is 0 Å². The molecule has 2 aliphatic rings. The van der Waals surface area contributed by atoms with Crippen LogP contribution in [0.1, 0.15) is 32.6 Å². The summed E-state index contributed by atoms with van der Waals surface area (Å²) < 4.78 is 11.0. The maximum absolute atomic E-state index is 5.54. The van der Waals surface area contributed by atoms with E-state index in [0.717, 1.165) is 44.1 Å². The van der Waals surface area contributed by atoms with Crippen LogP contribution >= 0.6 is 11.8 Å². The molecule has 106 valence electrons. The first-order chi connectivity index (χ1) is 8.90. The van der Waals surface area contributed by atoms with Crippen LogP contribution in [-0.4, -0.2) is 50.0 Å². The Labute approximate surface area is 115 Å². The Morgan fingerprint density at radius 1 is 1.17 bits per heavy atom. The fraction of sp³-hybridized carbons (Fsp3) is 1.00. The van der Waals surface area contributed by atoms with Crippen LogP contribution < -0.4 is 5.32 Å². The smallest absolute Gasteiger partial charge is 0.0510 e. The first-order valence-electron chi connectivity index (χ1n) is 7.40. The first-order valence-corrected chi connectivity index (χ1v) is 8.45. The third-order valence-electron chi connectivity index (χ3n) is 3.87. The van der Waals surface area contributed by atoms with E-state index in [4.69, 9.17) is 9.47 Å². The van der Waals surface area contributed by atoms with E-state index in [1.807, 2.05) is 0 Å². The molecule has 2 fully saturated rings. The molecule has 0 aromatic rings. The lowest BCUT2D eigenvalue weighted by atomic mass is 10.0. The van der Waals surface area contributed by atoms with Crippen molar-refractivity contribution in [2.45, 2.75) is 43.9 Å². The Morgan fingerprint density at radius 3 is 2.61 bits per heavy atom. The van der Waals surface area contributed by atoms with Gasteiger partial charge >= 0.3 is 0 Å². The Bertz CT molecular complexity index is 216. The number of hydrogen-bond donors (Lipinski definition) is 1. The topological polar surface area (TPSA) is 30.5 Å². The molecule has 2 atom stereocenters. The Hall–Kier alpha value is 0.230. The minimum absolute atomic E-state index is 0.639. The van der Waals surface area contributed by atoms with Gasteiger partial charge in [-0.2, -0.15) is 11.8 Å². The van der Waals surface area contributed by atoms with E-state index in [2.05, 4.69) is 24.0 Å². The Balaban J connectivity index is 1.72. The summed E-state index contributed by atoms with van der Waals surface area (Å²) in [5.41, 5.74) is 0. The molecule has 0 aliphatic carbocycles. The molecule has 0 radical (unpaired) electrons. The third kappa shape index (κ3) is 4.72. The first kappa shape index (κ1) is 14.6. The molecule has 0 bridgehead atoms. The normalized spacial score (nSPS) is 27.5. The molecule has 0 aromatic heterocycles. The minimum Gasteiger partial charge on any atom is -0.381 e. The van der Waals surface area contributed by atoms with E-state index in [1.165, 1.54) is 31.4 Å². The van der Waals surface area contributed by atoms with Gasteiger partial charge in [-0.15, -0.1) is 0 Å². The number of rotatable bonds is 7. The second kappa shape index (κ2) is 8.41. The lowest BCUT2D eigenvalue weighted by Gasteiger charge is -2.27. The zero-order valence-corrected chi connectivity index (χ0v) is 12.3. The largest absolute Gasteiger partial charge is 0.381 e. The van der Waals surface area contributed by atoms with Gasteiger partial charge in [0.1, 0.15) is 0 Å². The minimum atomic E-state index is 0.639. The van der Waals surface area contributed by atoms with Gasteiger partial charge in [0.15, 0.2) is 0 Å². The van der Waals surface area contributed by atoms with Gasteiger partial charge in [0, 0.05) is 42.8 Å². The van der Waals surface area contributed by atoms with Crippen molar-refractivity contribution in [2.24, 2.45) is 5.92 Å². The van der Waals surface area contributed by atoms with E-state index in [9.17, 15) is 0 Å². The monoisotopic (exact) mass is 273 g/mol. The molecule has 2 unspecified atom stereocenters. The van der Waals surface area contributed by atoms with Gasteiger partial charge in [0.25, 0.3) is 0 Å².